The SMILES string of the molecule is c1ccc(N=Nc2ccc(N(P(c3ccccc3)c3ccccc3)P(c3ccccc3)c3ccccc3)cc2)cc1. The average Bonchev–Trinajstić information content (AvgIpc) is 3.06. The Morgan fingerprint density at radius 1 is 0.317 bits per heavy atom. The Balaban J connectivity index is 1.52. The quantitative estimate of drug-likeness (QED) is 0.127. The first kappa shape index (κ1) is 26.8. The number of nitrogens with zero attached hydrogens (tertiary/aromatic N) is 3. The lowest BCUT2D eigenvalue weighted by Crippen LogP contribution is -2.31. The van der Waals surface area contributed by atoms with Crippen LogP contribution in [0.2, 0.25) is 0 Å². The summed E-state index contributed by atoms with van der Waals surface area (Å²) in [6, 6.07) is 62.0. The molecule has 0 radical (unpaired) electrons. The van der Waals surface area contributed by atoms with E-state index >= 15 is 0 Å². The molecule has 0 fully saturated rings. The molecule has 0 bridgehead atoms. The van der Waals surface area contributed by atoms with E-state index in [1.165, 1.54) is 21.2 Å². The number of azo groups is 1. The van der Waals surface area contributed by atoms with E-state index < -0.39 is 16.1 Å². The number of hydrogen-bond acceptors (Lipinski definition) is 3. The molecule has 5 heteroatoms. The van der Waals surface area contributed by atoms with Crippen LogP contribution in [0.4, 0.5) is 17.1 Å². The molecule has 6 aromatic rings. The second kappa shape index (κ2) is 13.3. The number of hydrogen-bond donors (Lipinski definition) is 0. The zero-order valence-electron chi connectivity index (χ0n) is 22.5. The van der Waals surface area contributed by atoms with Gasteiger partial charge >= 0.3 is 0 Å². The molecular weight excluding hydrogens is 536 g/mol. The minimum Gasteiger partial charge on any atom is -0.313 e. The fourth-order valence-corrected chi connectivity index (χ4v) is 10.6. The maximum atomic E-state index is 4.52. The Labute approximate surface area is 244 Å². The number of anilines is 1. The molecule has 198 valence electrons. The van der Waals surface area contributed by atoms with Gasteiger partial charge in [-0.15, -0.1) is 0 Å². The highest BCUT2D eigenvalue weighted by molar-refractivity contribution is 7.90. The van der Waals surface area contributed by atoms with Crippen molar-refractivity contribution in [2.24, 2.45) is 10.2 Å². The van der Waals surface area contributed by atoms with Gasteiger partial charge in [0.1, 0.15) is 0 Å². The van der Waals surface area contributed by atoms with E-state index in [4.69, 9.17) is 0 Å². The third-order valence-electron chi connectivity index (χ3n) is 6.50. The Kier molecular flexibility index (Phi) is 8.68. The predicted molar refractivity (Wildman–Crippen MR) is 178 cm³/mol. The first-order valence-corrected chi connectivity index (χ1v) is 16.1. The van der Waals surface area contributed by atoms with E-state index in [2.05, 4.69) is 160 Å². The molecule has 0 aromatic heterocycles. The van der Waals surface area contributed by atoms with Gasteiger partial charge in [-0.1, -0.05) is 140 Å². The summed E-state index contributed by atoms with van der Waals surface area (Å²) < 4.78 is 2.66. The van der Waals surface area contributed by atoms with Gasteiger partial charge in [-0.2, -0.15) is 10.2 Å². The lowest BCUT2D eigenvalue weighted by Gasteiger charge is -2.40. The van der Waals surface area contributed by atoms with E-state index in [0.29, 0.717) is 0 Å². The van der Waals surface area contributed by atoms with Gasteiger partial charge in [0, 0.05) is 26.9 Å². The highest BCUT2D eigenvalue weighted by Crippen LogP contribution is 2.57. The molecule has 0 amide bonds. The Morgan fingerprint density at radius 2 is 0.610 bits per heavy atom. The standard InChI is InChI=1S/C36H29N3P2/c1-6-16-30(17-7-1)37-38-31-26-28-32(29-27-31)39(40(33-18-8-2-9-19-33)34-20-10-3-11-21-34)41(35-22-12-4-13-23-35)36-24-14-5-15-25-36/h1-29H. The van der Waals surface area contributed by atoms with Gasteiger partial charge in [0.15, 0.2) is 0 Å². The molecule has 3 nitrogen and oxygen atoms in total. The highest BCUT2D eigenvalue weighted by atomic mass is 31.2. The number of rotatable bonds is 9. The van der Waals surface area contributed by atoms with Crippen molar-refractivity contribution in [1.29, 1.82) is 0 Å². The van der Waals surface area contributed by atoms with Crippen LogP contribution in [0.15, 0.2) is 186 Å². The molecule has 0 saturated carbocycles. The first-order chi connectivity index (χ1) is 20.4. The van der Waals surface area contributed by atoms with Gasteiger partial charge in [0.25, 0.3) is 0 Å². The van der Waals surface area contributed by atoms with E-state index in [1.54, 1.807) is 0 Å². The lowest BCUT2D eigenvalue weighted by atomic mass is 10.3. The van der Waals surface area contributed by atoms with Crippen LogP contribution < -0.4 is 25.7 Å². The fourth-order valence-electron chi connectivity index (χ4n) is 4.60. The van der Waals surface area contributed by atoms with E-state index in [9.17, 15) is 0 Å². The minimum absolute atomic E-state index is 0.824. The van der Waals surface area contributed by atoms with E-state index in [1.807, 2.05) is 30.3 Å². The molecule has 0 heterocycles. The maximum absolute atomic E-state index is 4.52. The summed E-state index contributed by atoms with van der Waals surface area (Å²) >= 11 is 0. The summed E-state index contributed by atoms with van der Waals surface area (Å²) in [5.74, 6) is 0. The molecule has 0 N–H and O–H groups in total. The summed E-state index contributed by atoms with van der Waals surface area (Å²) in [4.78, 5) is 0. The van der Waals surface area contributed by atoms with Crippen LogP contribution in [0.25, 0.3) is 0 Å². The molecule has 0 aliphatic rings. The van der Waals surface area contributed by atoms with Crippen LogP contribution in [0.3, 0.4) is 0 Å². The maximum Gasteiger partial charge on any atom is 0.0858 e. The molecule has 6 rings (SSSR count). The van der Waals surface area contributed by atoms with Gasteiger partial charge in [-0.25, -0.2) is 0 Å². The van der Waals surface area contributed by atoms with Crippen molar-refractivity contribution in [2.45, 2.75) is 0 Å². The van der Waals surface area contributed by atoms with Crippen molar-refractivity contribution in [1.82, 2.24) is 0 Å². The van der Waals surface area contributed by atoms with Crippen molar-refractivity contribution in [3.63, 3.8) is 0 Å². The smallest absolute Gasteiger partial charge is 0.0858 e. The largest absolute Gasteiger partial charge is 0.313 e. The summed E-state index contributed by atoms with van der Waals surface area (Å²) in [6.07, 6.45) is 0. The van der Waals surface area contributed by atoms with Crippen LogP contribution >= 0.6 is 16.1 Å². The van der Waals surface area contributed by atoms with Crippen LogP contribution in [0.5, 0.6) is 0 Å². The minimum atomic E-state index is -0.923. The second-order valence-corrected chi connectivity index (χ2v) is 13.7. The van der Waals surface area contributed by atoms with Crippen molar-refractivity contribution >= 4 is 54.4 Å². The summed E-state index contributed by atoms with van der Waals surface area (Å²) in [5.41, 5.74) is 2.82. The fraction of sp³-hybridized carbons (Fsp3) is 0. The molecule has 0 aliphatic heterocycles. The Morgan fingerprint density at radius 3 is 0.951 bits per heavy atom. The normalized spacial score (nSPS) is 11.3. The third-order valence-corrected chi connectivity index (χ3v) is 11.9. The summed E-state index contributed by atoms with van der Waals surface area (Å²) in [6.45, 7) is 0. The molecule has 41 heavy (non-hydrogen) atoms. The summed E-state index contributed by atoms with van der Waals surface area (Å²) in [7, 11) is -1.85. The molecule has 0 unspecified atom stereocenters. The van der Waals surface area contributed by atoms with E-state index in [0.717, 1.165) is 17.1 Å². The zero-order valence-corrected chi connectivity index (χ0v) is 24.3. The second-order valence-electron chi connectivity index (χ2n) is 9.31. The topological polar surface area (TPSA) is 28.0 Å². The number of benzene rings is 6. The average molecular weight is 566 g/mol. The van der Waals surface area contributed by atoms with Crippen LogP contribution in [-0.2, 0) is 0 Å². The van der Waals surface area contributed by atoms with E-state index in [-0.39, 0.29) is 0 Å². The Hall–Kier alpha value is -4.42. The predicted octanol–water partition coefficient (Wildman–Crippen LogP) is 9.00. The summed E-state index contributed by atoms with van der Waals surface area (Å²) in [5, 5.41) is 14.2. The molecule has 0 aliphatic carbocycles. The van der Waals surface area contributed by atoms with Crippen LogP contribution in [0.1, 0.15) is 0 Å². The molecule has 0 spiro atoms. The van der Waals surface area contributed by atoms with Crippen LogP contribution in [0, 0.1) is 0 Å². The Bertz CT molecular complexity index is 1500. The molecular formula is C36H29N3P2. The zero-order chi connectivity index (χ0) is 27.7. The van der Waals surface area contributed by atoms with Gasteiger partial charge in [0.05, 0.1) is 27.5 Å². The first-order valence-electron chi connectivity index (χ1n) is 13.5. The molecule has 6 aromatic carbocycles. The lowest BCUT2D eigenvalue weighted by molar-refractivity contribution is 1.23. The van der Waals surface area contributed by atoms with Gasteiger partial charge in [0.2, 0.25) is 0 Å². The van der Waals surface area contributed by atoms with Gasteiger partial charge in [-0.3, -0.25) is 0 Å². The van der Waals surface area contributed by atoms with Crippen molar-refractivity contribution in [2.75, 3.05) is 4.44 Å². The molecule has 0 atom stereocenters. The van der Waals surface area contributed by atoms with Crippen molar-refractivity contribution in [3.05, 3.63) is 176 Å². The molecule has 0 saturated heterocycles. The third kappa shape index (κ3) is 6.50. The van der Waals surface area contributed by atoms with Crippen molar-refractivity contribution < 1.29 is 0 Å². The van der Waals surface area contributed by atoms with Gasteiger partial charge in [-0.05, 0) is 36.4 Å². The van der Waals surface area contributed by atoms with Crippen molar-refractivity contribution in [3.8, 4) is 0 Å². The monoisotopic (exact) mass is 565 g/mol. The highest BCUT2D eigenvalue weighted by Gasteiger charge is 2.32. The van der Waals surface area contributed by atoms with Crippen LogP contribution in [-0.4, -0.2) is 0 Å². The van der Waals surface area contributed by atoms with Gasteiger partial charge < -0.3 is 4.44 Å².